The Bertz CT molecular complexity index is 710. The molecule has 4 nitrogen and oxygen atoms in total. The zero-order chi connectivity index (χ0) is 17.7. The number of ether oxygens (including phenoxy) is 1. The SMILES string of the molecule is NC(=O)C(OCc1ccccc1)C(O)Cc1cc(F)c(F)cc1F. The number of nitrogens with two attached hydrogens (primary N) is 1. The number of rotatable bonds is 7. The number of aliphatic hydroxyl groups excluding tert-OH is 1. The summed E-state index contributed by atoms with van der Waals surface area (Å²) in [7, 11) is 0. The molecule has 0 radical (unpaired) electrons. The number of carbonyl (C=O) groups excluding carboxylic acids is 1. The molecule has 0 saturated carbocycles. The summed E-state index contributed by atoms with van der Waals surface area (Å²) < 4.78 is 45.0. The second-order valence-electron chi connectivity index (χ2n) is 5.25. The van der Waals surface area contributed by atoms with E-state index >= 15 is 0 Å². The van der Waals surface area contributed by atoms with Crippen molar-refractivity contribution in [3.8, 4) is 0 Å². The maximum absolute atomic E-state index is 13.6. The molecular formula is C17H16F3NO3. The molecule has 0 aliphatic carbocycles. The van der Waals surface area contributed by atoms with E-state index in [4.69, 9.17) is 10.5 Å². The van der Waals surface area contributed by atoms with Gasteiger partial charge in [0.15, 0.2) is 17.7 Å². The Morgan fingerprint density at radius 1 is 1.08 bits per heavy atom. The molecule has 0 bridgehead atoms. The van der Waals surface area contributed by atoms with Crippen molar-refractivity contribution in [2.24, 2.45) is 5.73 Å². The van der Waals surface area contributed by atoms with Crippen molar-refractivity contribution in [3.63, 3.8) is 0 Å². The predicted octanol–water partition coefficient (Wildman–Crippen LogP) is 2.08. The number of halogens is 3. The molecule has 2 atom stereocenters. The molecule has 2 aromatic carbocycles. The molecule has 2 unspecified atom stereocenters. The first kappa shape index (κ1) is 18.0. The van der Waals surface area contributed by atoms with Crippen LogP contribution in [0.1, 0.15) is 11.1 Å². The molecule has 128 valence electrons. The first-order valence-corrected chi connectivity index (χ1v) is 7.15. The third kappa shape index (κ3) is 4.56. The van der Waals surface area contributed by atoms with Crippen LogP contribution in [-0.4, -0.2) is 23.2 Å². The van der Waals surface area contributed by atoms with Crippen LogP contribution in [-0.2, 0) is 22.6 Å². The van der Waals surface area contributed by atoms with Gasteiger partial charge >= 0.3 is 0 Å². The molecule has 0 aliphatic rings. The highest BCUT2D eigenvalue weighted by atomic mass is 19.2. The first-order valence-electron chi connectivity index (χ1n) is 7.15. The van der Waals surface area contributed by atoms with Gasteiger partial charge in [0.25, 0.3) is 0 Å². The number of amides is 1. The van der Waals surface area contributed by atoms with Crippen LogP contribution in [0.25, 0.3) is 0 Å². The minimum atomic E-state index is -1.51. The van der Waals surface area contributed by atoms with Gasteiger partial charge in [-0.25, -0.2) is 13.2 Å². The molecule has 7 heteroatoms. The average molecular weight is 339 g/mol. The van der Waals surface area contributed by atoms with Gasteiger partial charge in [-0.2, -0.15) is 0 Å². The van der Waals surface area contributed by atoms with Crippen LogP contribution in [0.3, 0.4) is 0 Å². The Hall–Kier alpha value is -2.38. The molecule has 0 aliphatic heterocycles. The Balaban J connectivity index is 2.07. The van der Waals surface area contributed by atoms with Crippen molar-refractivity contribution in [3.05, 3.63) is 71.0 Å². The predicted molar refractivity (Wildman–Crippen MR) is 80.2 cm³/mol. The van der Waals surface area contributed by atoms with Crippen molar-refractivity contribution in [1.82, 2.24) is 0 Å². The van der Waals surface area contributed by atoms with Gasteiger partial charge in [0.1, 0.15) is 5.82 Å². The molecule has 2 rings (SSSR count). The Labute approximate surface area is 136 Å². The maximum Gasteiger partial charge on any atom is 0.249 e. The van der Waals surface area contributed by atoms with Crippen LogP contribution in [0.4, 0.5) is 13.2 Å². The lowest BCUT2D eigenvalue weighted by Crippen LogP contribution is -2.42. The van der Waals surface area contributed by atoms with E-state index in [0.717, 1.165) is 5.56 Å². The largest absolute Gasteiger partial charge is 0.390 e. The van der Waals surface area contributed by atoms with E-state index < -0.39 is 42.0 Å². The number of hydrogen-bond donors (Lipinski definition) is 2. The quantitative estimate of drug-likeness (QED) is 0.759. The fourth-order valence-corrected chi connectivity index (χ4v) is 2.20. The Morgan fingerprint density at radius 2 is 1.71 bits per heavy atom. The summed E-state index contributed by atoms with van der Waals surface area (Å²) in [5.41, 5.74) is 5.66. The Morgan fingerprint density at radius 3 is 2.33 bits per heavy atom. The van der Waals surface area contributed by atoms with Crippen LogP contribution in [0.5, 0.6) is 0 Å². The highest BCUT2D eigenvalue weighted by Crippen LogP contribution is 2.17. The molecule has 3 N–H and O–H groups in total. The van der Waals surface area contributed by atoms with E-state index in [9.17, 15) is 23.1 Å². The molecule has 2 aromatic rings. The van der Waals surface area contributed by atoms with Crippen molar-refractivity contribution < 1.29 is 27.8 Å². The molecule has 0 fully saturated rings. The van der Waals surface area contributed by atoms with Crippen LogP contribution in [0, 0.1) is 17.5 Å². The summed E-state index contributed by atoms with van der Waals surface area (Å²) in [5.74, 6) is -4.56. The molecule has 0 heterocycles. The lowest BCUT2D eigenvalue weighted by molar-refractivity contribution is -0.138. The number of hydrogen-bond acceptors (Lipinski definition) is 3. The lowest BCUT2D eigenvalue weighted by atomic mass is 10.0. The summed E-state index contributed by atoms with van der Waals surface area (Å²) >= 11 is 0. The van der Waals surface area contributed by atoms with Crippen molar-refractivity contribution >= 4 is 5.91 Å². The van der Waals surface area contributed by atoms with Crippen LogP contribution < -0.4 is 5.73 Å². The third-order valence-electron chi connectivity index (χ3n) is 3.42. The monoisotopic (exact) mass is 339 g/mol. The number of primary amides is 1. The van der Waals surface area contributed by atoms with Gasteiger partial charge in [0, 0.05) is 12.5 Å². The number of carbonyl (C=O) groups is 1. The van der Waals surface area contributed by atoms with E-state index in [2.05, 4.69) is 0 Å². The average Bonchev–Trinajstić information content (AvgIpc) is 2.53. The molecular weight excluding hydrogens is 323 g/mol. The fraction of sp³-hybridized carbons (Fsp3) is 0.235. The van der Waals surface area contributed by atoms with Crippen molar-refractivity contribution in [2.75, 3.05) is 0 Å². The fourth-order valence-electron chi connectivity index (χ4n) is 2.20. The van der Waals surface area contributed by atoms with Crippen LogP contribution in [0.15, 0.2) is 42.5 Å². The summed E-state index contributed by atoms with van der Waals surface area (Å²) in [6.07, 6.45) is -3.38. The molecule has 1 amide bonds. The van der Waals surface area contributed by atoms with Crippen molar-refractivity contribution in [1.29, 1.82) is 0 Å². The zero-order valence-electron chi connectivity index (χ0n) is 12.6. The normalized spacial score (nSPS) is 13.5. The summed E-state index contributed by atoms with van der Waals surface area (Å²) in [6, 6.07) is 9.84. The van der Waals surface area contributed by atoms with E-state index in [1.165, 1.54) is 0 Å². The summed E-state index contributed by atoms with van der Waals surface area (Å²) in [5, 5.41) is 10.1. The topological polar surface area (TPSA) is 72.6 Å². The highest BCUT2D eigenvalue weighted by Gasteiger charge is 2.27. The van der Waals surface area contributed by atoms with E-state index in [1.54, 1.807) is 30.3 Å². The van der Waals surface area contributed by atoms with Crippen LogP contribution >= 0.6 is 0 Å². The number of aliphatic hydroxyl groups is 1. The van der Waals surface area contributed by atoms with Crippen LogP contribution in [0.2, 0.25) is 0 Å². The van der Waals surface area contributed by atoms with Gasteiger partial charge in [0.2, 0.25) is 5.91 Å². The second-order valence-corrected chi connectivity index (χ2v) is 5.25. The molecule has 0 aromatic heterocycles. The van der Waals surface area contributed by atoms with Crippen molar-refractivity contribution in [2.45, 2.75) is 25.2 Å². The standard InChI is InChI=1S/C17H16F3NO3/c18-12-8-14(20)13(19)6-11(12)7-15(22)16(17(21)23)24-9-10-4-2-1-3-5-10/h1-6,8,15-16,22H,7,9H2,(H2,21,23). The zero-order valence-corrected chi connectivity index (χ0v) is 12.6. The third-order valence-corrected chi connectivity index (χ3v) is 3.42. The minimum absolute atomic E-state index is 0.00572. The van der Waals surface area contributed by atoms with E-state index in [0.29, 0.717) is 12.1 Å². The first-order chi connectivity index (χ1) is 11.4. The second kappa shape index (κ2) is 7.94. The van der Waals surface area contributed by atoms with Gasteiger partial charge in [-0.3, -0.25) is 4.79 Å². The molecule has 24 heavy (non-hydrogen) atoms. The summed E-state index contributed by atoms with van der Waals surface area (Å²) in [6.45, 7) is 0.00572. The van der Waals surface area contributed by atoms with Gasteiger partial charge in [0.05, 0.1) is 12.7 Å². The van der Waals surface area contributed by atoms with E-state index in [-0.39, 0.29) is 12.2 Å². The van der Waals surface area contributed by atoms with Gasteiger partial charge < -0.3 is 15.6 Å². The Kier molecular flexibility index (Phi) is 5.94. The lowest BCUT2D eigenvalue weighted by Gasteiger charge is -2.21. The number of benzene rings is 2. The smallest absolute Gasteiger partial charge is 0.249 e. The highest BCUT2D eigenvalue weighted by molar-refractivity contribution is 5.79. The maximum atomic E-state index is 13.6. The molecule has 0 spiro atoms. The minimum Gasteiger partial charge on any atom is -0.390 e. The van der Waals surface area contributed by atoms with Gasteiger partial charge in [-0.15, -0.1) is 0 Å². The van der Waals surface area contributed by atoms with E-state index in [1.807, 2.05) is 0 Å². The summed E-state index contributed by atoms with van der Waals surface area (Å²) in [4.78, 5) is 11.5. The van der Waals surface area contributed by atoms with Gasteiger partial charge in [-0.05, 0) is 17.2 Å². The molecule has 0 saturated heterocycles. The van der Waals surface area contributed by atoms with Gasteiger partial charge in [-0.1, -0.05) is 30.3 Å².